The molecule has 0 aromatic carbocycles. The van der Waals surface area contributed by atoms with Crippen LogP contribution >= 0.6 is 0 Å². The van der Waals surface area contributed by atoms with E-state index in [1.807, 2.05) is 12.1 Å². The number of nitrogens with one attached hydrogen (secondary N) is 1. The number of nitrogens with zero attached hydrogens (tertiary/aromatic N) is 4. The number of nitrogens with two attached hydrogens (primary N) is 1. The number of rotatable bonds is 2. The molecule has 0 unspecified atom stereocenters. The van der Waals surface area contributed by atoms with Crippen LogP contribution in [0.25, 0.3) is 0 Å². The Kier molecular flexibility index (Phi) is 3.24. The quantitative estimate of drug-likeness (QED) is 0.804. The highest BCUT2D eigenvalue weighted by atomic mass is 16.1. The van der Waals surface area contributed by atoms with Crippen molar-refractivity contribution in [2.75, 3.05) is 41.7 Å². The zero-order chi connectivity index (χ0) is 13.9. The van der Waals surface area contributed by atoms with Crippen molar-refractivity contribution < 1.29 is 0 Å². The van der Waals surface area contributed by atoms with E-state index >= 15 is 0 Å². The first kappa shape index (κ1) is 12.5. The van der Waals surface area contributed by atoms with Crippen molar-refractivity contribution in [3.8, 4) is 0 Å². The Hall–Kier alpha value is -2.57. The molecule has 0 saturated carbocycles. The number of nitrogen functional groups attached to an aromatic ring is 1. The summed E-state index contributed by atoms with van der Waals surface area (Å²) >= 11 is 0. The highest BCUT2D eigenvalue weighted by Gasteiger charge is 2.19. The van der Waals surface area contributed by atoms with Crippen LogP contribution in [0.5, 0.6) is 0 Å². The molecule has 3 heterocycles. The fourth-order valence-electron chi connectivity index (χ4n) is 2.28. The molecule has 7 nitrogen and oxygen atoms in total. The molecule has 0 atom stereocenters. The molecule has 0 aliphatic carbocycles. The van der Waals surface area contributed by atoms with E-state index < -0.39 is 0 Å². The molecule has 1 saturated heterocycles. The van der Waals surface area contributed by atoms with Crippen LogP contribution in [0.15, 0.2) is 35.5 Å². The Morgan fingerprint density at radius 3 is 2.35 bits per heavy atom. The van der Waals surface area contributed by atoms with Gasteiger partial charge in [0, 0.05) is 32.2 Å². The minimum absolute atomic E-state index is 0.127. The van der Waals surface area contributed by atoms with Crippen LogP contribution in [-0.4, -0.2) is 41.1 Å². The summed E-state index contributed by atoms with van der Waals surface area (Å²) < 4.78 is 0. The van der Waals surface area contributed by atoms with Gasteiger partial charge in [-0.25, -0.2) is 9.97 Å². The van der Waals surface area contributed by atoms with Gasteiger partial charge in [-0.2, -0.15) is 0 Å². The van der Waals surface area contributed by atoms with Crippen LogP contribution in [0.1, 0.15) is 0 Å². The molecule has 0 amide bonds. The summed E-state index contributed by atoms with van der Waals surface area (Å²) in [6.07, 6.45) is 3.10. The molecule has 2 aromatic heterocycles. The molecule has 7 heteroatoms. The zero-order valence-electron chi connectivity index (χ0n) is 11.0. The zero-order valence-corrected chi connectivity index (χ0v) is 11.0. The molecule has 1 aliphatic heterocycles. The topological polar surface area (TPSA) is 91.1 Å². The monoisotopic (exact) mass is 272 g/mol. The van der Waals surface area contributed by atoms with Gasteiger partial charge in [-0.3, -0.25) is 4.79 Å². The SMILES string of the molecule is Nc1ccc(N2CCN(c3cc(=O)[nH]cn3)CC2)nc1. The first-order chi connectivity index (χ1) is 9.72. The highest BCUT2D eigenvalue weighted by Crippen LogP contribution is 2.17. The lowest BCUT2D eigenvalue weighted by Gasteiger charge is -2.35. The van der Waals surface area contributed by atoms with Crippen LogP contribution in [-0.2, 0) is 0 Å². The Morgan fingerprint density at radius 1 is 1.05 bits per heavy atom. The Balaban J connectivity index is 1.67. The molecule has 1 fully saturated rings. The fraction of sp³-hybridized carbons (Fsp3) is 0.308. The average molecular weight is 272 g/mol. The van der Waals surface area contributed by atoms with Crippen molar-refractivity contribution in [3.63, 3.8) is 0 Å². The molecule has 0 bridgehead atoms. The van der Waals surface area contributed by atoms with E-state index in [1.165, 1.54) is 12.4 Å². The van der Waals surface area contributed by atoms with Crippen molar-refractivity contribution in [2.24, 2.45) is 0 Å². The molecular formula is C13H16N6O. The molecule has 2 aromatic rings. The van der Waals surface area contributed by atoms with Gasteiger partial charge in [0.05, 0.1) is 18.2 Å². The Morgan fingerprint density at radius 2 is 1.75 bits per heavy atom. The van der Waals surface area contributed by atoms with Gasteiger partial charge in [-0.05, 0) is 12.1 Å². The van der Waals surface area contributed by atoms with E-state index in [4.69, 9.17) is 5.73 Å². The third kappa shape index (κ3) is 2.56. The number of pyridine rings is 1. The van der Waals surface area contributed by atoms with Crippen molar-refractivity contribution in [3.05, 3.63) is 41.1 Å². The summed E-state index contributed by atoms with van der Waals surface area (Å²) in [7, 11) is 0. The first-order valence-corrected chi connectivity index (χ1v) is 6.48. The number of piperazine rings is 1. The van der Waals surface area contributed by atoms with E-state index in [0.29, 0.717) is 5.69 Å². The Labute approximate surface area is 116 Å². The molecule has 3 N–H and O–H groups in total. The van der Waals surface area contributed by atoms with Gasteiger partial charge >= 0.3 is 0 Å². The van der Waals surface area contributed by atoms with E-state index in [-0.39, 0.29) is 5.56 Å². The maximum Gasteiger partial charge on any atom is 0.252 e. The number of aromatic nitrogens is 3. The second kappa shape index (κ2) is 5.20. The molecule has 0 radical (unpaired) electrons. The van der Waals surface area contributed by atoms with Crippen LogP contribution in [0.3, 0.4) is 0 Å². The minimum Gasteiger partial charge on any atom is -0.397 e. The smallest absolute Gasteiger partial charge is 0.252 e. The number of H-pyrrole nitrogens is 1. The van der Waals surface area contributed by atoms with Crippen LogP contribution < -0.4 is 21.1 Å². The molecule has 3 rings (SSSR count). The fourth-order valence-corrected chi connectivity index (χ4v) is 2.28. The molecule has 104 valence electrons. The van der Waals surface area contributed by atoms with Gasteiger partial charge in [-0.15, -0.1) is 0 Å². The molecular weight excluding hydrogens is 256 g/mol. The van der Waals surface area contributed by atoms with Gasteiger partial charge in [0.2, 0.25) is 0 Å². The summed E-state index contributed by atoms with van der Waals surface area (Å²) in [5, 5.41) is 0. The van der Waals surface area contributed by atoms with E-state index in [1.54, 1.807) is 6.20 Å². The number of hydrogen-bond acceptors (Lipinski definition) is 6. The predicted molar refractivity (Wildman–Crippen MR) is 77.9 cm³/mol. The van der Waals surface area contributed by atoms with Gasteiger partial charge in [0.15, 0.2) is 0 Å². The van der Waals surface area contributed by atoms with Gasteiger partial charge < -0.3 is 20.5 Å². The van der Waals surface area contributed by atoms with Crippen molar-refractivity contribution in [2.45, 2.75) is 0 Å². The summed E-state index contributed by atoms with van der Waals surface area (Å²) in [5.74, 6) is 1.65. The lowest BCUT2D eigenvalue weighted by atomic mass is 10.3. The summed E-state index contributed by atoms with van der Waals surface area (Å²) in [4.78, 5) is 26.6. The van der Waals surface area contributed by atoms with Crippen LogP contribution in [0, 0.1) is 0 Å². The lowest BCUT2D eigenvalue weighted by Crippen LogP contribution is -2.47. The van der Waals surface area contributed by atoms with Gasteiger partial charge in [0.1, 0.15) is 11.6 Å². The molecule has 20 heavy (non-hydrogen) atoms. The standard InChI is InChI=1S/C13H16N6O/c14-10-1-2-11(15-8-10)18-3-5-19(6-4-18)12-7-13(20)17-9-16-12/h1-2,7-9H,3-6,14H2,(H,16,17,20). The van der Waals surface area contributed by atoms with Crippen molar-refractivity contribution in [1.29, 1.82) is 0 Å². The maximum atomic E-state index is 11.3. The summed E-state index contributed by atoms with van der Waals surface area (Å²) in [5.41, 5.74) is 6.18. The molecule has 0 spiro atoms. The maximum absolute atomic E-state index is 11.3. The second-order valence-corrected chi connectivity index (χ2v) is 4.69. The third-order valence-electron chi connectivity index (χ3n) is 3.36. The van der Waals surface area contributed by atoms with Crippen LogP contribution in [0.2, 0.25) is 0 Å². The third-order valence-corrected chi connectivity index (χ3v) is 3.36. The number of hydrogen-bond donors (Lipinski definition) is 2. The summed E-state index contributed by atoms with van der Waals surface area (Å²) in [6.45, 7) is 3.29. The Bertz CT molecular complexity index is 630. The first-order valence-electron chi connectivity index (χ1n) is 6.48. The van der Waals surface area contributed by atoms with Crippen molar-refractivity contribution in [1.82, 2.24) is 15.0 Å². The van der Waals surface area contributed by atoms with Crippen LogP contribution in [0.4, 0.5) is 17.3 Å². The largest absolute Gasteiger partial charge is 0.397 e. The van der Waals surface area contributed by atoms with E-state index in [0.717, 1.165) is 37.8 Å². The summed E-state index contributed by atoms with van der Waals surface area (Å²) in [6, 6.07) is 5.31. The predicted octanol–water partition coefficient (Wildman–Crippen LogP) is 0.0737. The van der Waals surface area contributed by atoms with E-state index in [2.05, 4.69) is 24.8 Å². The number of anilines is 3. The van der Waals surface area contributed by atoms with Gasteiger partial charge in [0.25, 0.3) is 5.56 Å². The molecule has 1 aliphatic rings. The average Bonchev–Trinajstić information content (AvgIpc) is 2.48. The lowest BCUT2D eigenvalue weighted by molar-refractivity contribution is 0.640. The van der Waals surface area contributed by atoms with E-state index in [9.17, 15) is 4.79 Å². The second-order valence-electron chi connectivity index (χ2n) is 4.69. The normalized spacial score (nSPS) is 15.4. The minimum atomic E-state index is -0.127. The highest BCUT2D eigenvalue weighted by molar-refractivity contribution is 5.48. The van der Waals surface area contributed by atoms with Crippen molar-refractivity contribution >= 4 is 17.3 Å². The van der Waals surface area contributed by atoms with Gasteiger partial charge in [-0.1, -0.05) is 0 Å². The number of aromatic amines is 1.